The maximum Gasteiger partial charge on any atom is 0.269 e. The van der Waals surface area contributed by atoms with Crippen LogP contribution in [0.5, 0.6) is 17.2 Å². The van der Waals surface area contributed by atoms with Gasteiger partial charge in [-0.05, 0) is 30.3 Å². The van der Waals surface area contributed by atoms with E-state index in [1.54, 1.807) is 6.07 Å². The van der Waals surface area contributed by atoms with Crippen molar-refractivity contribution in [3.05, 3.63) is 53.3 Å². The molecule has 0 radical (unpaired) electrons. The highest BCUT2D eigenvalue weighted by molar-refractivity contribution is 5.99. The highest BCUT2D eigenvalue weighted by Crippen LogP contribution is 2.22. The zero-order chi connectivity index (χ0) is 18.4. The third-order valence-corrected chi connectivity index (χ3v) is 3.32. The van der Waals surface area contributed by atoms with Gasteiger partial charge in [-0.15, -0.1) is 0 Å². The van der Waals surface area contributed by atoms with Gasteiger partial charge in [0.1, 0.15) is 11.5 Å². The lowest BCUT2D eigenvalue weighted by Gasteiger charge is -2.10. The minimum Gasteiger partial charge on any atom is -0.497 e. The molecular formula is C17H17FN2O5. The van der Waals surface area contributed by atoms with Crippen LogP contribution in [0.2, 0.25) is 0 Å². The van der Waals surface area contributed by atoms with Gasteiger partial charge in [0.2, 0.25) is 0 Å². The lowest BCUT2D eigenvalue weighted by atomic mass is 10.2. The first-order valence-electron chi connectivity index (χ1n) is 7.15. The second kappa shape index (κ2) is 8.00. The fourth-order valence-electron chi connectivity index (χ4n) is 2.00. The molecule has 2 amide bonds. The van der Waals surface area contributed by atoms with Gasteiger partial charge in [0.15, 0.2) is 11.6 Å². The summed E-state index contributed by atoms with van der Waals surface area (Å²) in [5, 5.41) is 0. The van der Waals surface area contributed by atoms with E-state index in [-0.39, 0.29) is 16.9 Å². The molecular weight excluding hydrogens is 331 g/mol. The highest BCUT2D eigenvalue weighted by Gasteiger charge is 2.13. The summed E-state index contributed by atoms with van der Waals surface area (Å²) >= 11 is 0. The van der Waals surface area contributed by atoms with Crippen LogP contribution in [0.4, 0.5) is 4.39 Å². The molecule has 2 aromatic carbocycles. The minimum absolute atomic E-state index is 0.0176. The molecule has 0 aliphatic rings. The molecule has 2 aromatic rings. The van der Waals surface area contributed by atoms with Crippen LogP contribution in [-0.4, -0.2) is 33.1 Å². The fraction of sp³-hybridized carbons (Fsp3) is 0.176. The number of nitrogens with one attached hydrogen (secondary N) is 2. The van der Waals surface area contributed by atoms with Crippen LogP contribution in [0, 0.1) is 5.82 Å². The fourth-order valence-corrected chi connectivity index (χ4v) is 2.00. The quantitative estimate of drug-likeness (QED) is 0.807. The Labute approximate surface area is 143 Å². The topological polar surface area (TPSA) is 85.9 Å². The number of hydrogen-bond donors (Lipinski definition) is 2. The average molecular weight is 348 g/mol. The molecule has 0 fully saturated rings. The summed E-state index contributed by atoms with van der Waals surface area (Å²) in [5.74, 6) is -1.08. The van der Waals surface area contributed by atoms with E-state index in [1.807, 2.05) is 0 Å². The van der Waals surface area contributed by atoms with E-state index in [1.165, 1.54) is 45.6 Å². The van der Waals surface area contributed by atoms with Crippen LogP contribution in [0.1, 0.15) is 20.7 Å². The largest absolute Gasteiger partial charge is 0.497 e. The smallest absolute Gasteiger partial charge is 0.269 e. The lowest BCUT2D eigenvalue weighted by Crippen LogP contribution is -2.41. The molecule has 0 unspecified atom stereocenters. The molecule has 0 saturated heterocycles. The van der Waals surface area contributed by atoms with Crippen LogP contribution >= 0.6 is 0 Å². The second-order valence-electron chi connectivity index (χ2n) is 4.86. The number of hydrogen-bond acceptors (Lipinski definition) is 5. The number of benzene rings is 2. The van der Waals surface area contributed by atoms with Gasteiger partial charge in [-0.2, -0.15) is 0 Å². The van der Waals surface area contributed by atoms with Gasteiger partial charge in [-0.1, -0.05) is 0 Å². The van der Waals surface area contributed by atoms with E-state index in [2.05, 4.69) is 10.9 Å². The summed E-state index contributed by atoms with van der Waals surface area (Å²) in [7, 11) is 4.23. The average Bonchev–Trinajstić information content (AvgIpc) is 2.65. The van der Waals surface area contributed by atoms with Crippen LogP contribution < -0.4 is 25.1 Å². The van der Waals surface area contributed by atoms with Crippen molar-refractivity contribution in [3.8, 4) is 17.2 Å². The lowest BCUT2D eigenvalue weighted by molar-refractivity contribution is 0.0846. The molecule has 8 heteroatoms. The van der Waals surface area contributed by atoms with E-state index >= 15 is 0 Å². The standard InChI is InChI=1S/C17H17FN2O5/c1-23-12-6-11(7-13(9-12)24-2)17(22)20-19-16(21)10-4-5-15(25-3)14(18)8-10/h4-9H,1-3H3,(H,19,21)(H,20,22). The predicted molar refractivity (Wildman–Crippen MR) is 87.4 cm³/mol. The van der Waals surface area contributed by atoms with E-state index in [9.17, 15) is 14.0 Å². The van der Waals surface area contributed by atoms with Crippen molar-refractivity contribution in [2.24, 2.45) is 0 Å². The Morgan fingerprint density at radius 1 is 0.800 bits per heavy atom. The van der Waals surface area contributed by atoms with Crippen molar-refractivity contribution in [1.82, 2.24) is 10.9 Å². The zero-order valence-electron chi connectivity index (χ0n) is 13.9. The molecule has 25 heavy (non-hydrogen) atoms. The number of methoxy groups -OCH3 is 3. The molecule has 7 nitrogen and oxygen atoms in total. The van der Waals surface area contributed by atoms with Crippen molar-refractivity contribution in [1.29, 1.82) is 0 Å². The van der Waals surface area contributed by atoms with Gasteiger partial charge in [-0.25, -0.2) is 4.39 Å². The number of hydrazine groups is 1. The zero-order valence-corrected chi connectivity index (χ0v) is 13.9. The highest BCUT2D eigenvalue weighted by atomic mass is 19.1. The molecule has 0 aromatic heterocycles. The normalized spacial score (nSPS) is 9.92. The molecule has 0 aliphatic carbocycles. The van der Waals surface area contributed by atoms with Crippen molar-refractivity contribution in [3.63, 3.8) is 0 Å². The number of ether oxygens (including phenoxy) is 3. The van der Waals surface area contributed by atoms with Gasteiger partial charge in [0.25, 0.3) is 11.8 Å². The molecule has 0 heterocycles. The molecule has 0 saturated carbocycles. The van der Waals surface area contributed by atoms with Gasteiger partial charge in [-0.3, -0.25) is 20.4 Å². The Kier molecular flexibility index (Phi) is 5.78. The van der Waals surface area contributed by atoms with Crippen LogP contribution in [0.3, 0.4) is 0 Å². The number of carbonyl (C=O) groups excluding carboxylic acids is 2. The minimum atomic E-state index is -0.681. The van der Waals surface area contributed by atoms with Gasteiger partial charge < -0.3 is 14.2 Å². The van der Waals surface area contributed by atoms with E-state index in [4.69, 9.17) is 14.2 Å². The van der Waals surface area contributed by atoms with E-state index < -0.39 is 17.6 Å². The van der Waals surface area contributed by atoms with E-state index in [0.717, 1.165) is 6.07 Å². The predicted octanol–water partition coefficient (Wildman–Crippen LogP) is 1.93. The Morgan fingerprint density at radius 3 is 1.84 bits per heavy atom. The summed E-state index contributed by atoms with van der Waals surface area (Å²) in [6.45, 7) is 0. The Bertz CT molecular complexity index is 772. The number of carbonyl (C=O) groups is 2. The molecule has 0 aliphatic heterocycles. The molecule has 132 valence electrons. The molecule has 0 atom stereocenters. The van der Waals surface area contributed by atoms with Crippen LogP contribution in [0.15, 0.2) is 36.4 Å². The summed E-state index contributed by atoms with van der Waals surface area (Å²) in [5.41, 5.74) is 4.70. The summed E-state index contributed by atoms with van der Waals surface area (Å²) in [4.78, 5) is 24.1. The summed E-state index contributed by atoms with van der Waals surface area (Å²) in [6, 6.07) is 8.27. The maximum atomic E-state index is 13.6. The Balaban J connectivity index is 2.06. The van der Waals surface area contributed by atoms with Crippen molar-refractivity contribution in [2.45, 2.75) is 0 Å². The van der Waals surface area contributed by atoms with Gasteiger partial charge >= 0.3 is 0 Å². The first-order chi connectivity index (χ1) is 12.0. The van der Waals surface area contributed by atoms with E-state index in [0.29, 0.717) is 11.5 Å². The SMILES string of the molecule is COc1cc(OC)cc(C(=O)NNC(=O)c2ccc(OC)c(F)c2)c1. The van der Waals surface area contributed by atoms with Crippen molar-refractivity contribution in [2.75, 3.05) is 21.3 Å². The molecule has 0 spiro atoms. The number of rotatable bonds is 5. The second-order valence-corrected chi connectivity index (χ2v) is 4.86. The molecule has 0 bridgehead atoms. The first kappa shape index (κ1) is 18.1. The summed E-state index contributed by atoms with van der Waals surface area (Å²) < 4.78 is 28.6. The monoisotopic (exact) mass is 348 g/mol. The third-order valence-electron chi connectivity index (χ3n) is 3.32. The Morgan fingerprint density at radius 2 is 1.36 bits per heavy atom. The third kappa shape index (κ3) is 4.37. The number of amides is 2. The van der Waals surface area contributed by atoms with Crippen molar-refractivity contribution < 1.29 is 28.2 Å². The maximum absolute atomic E-state index is 13.6. The Hall–Kier alpha value is -3.29. The van der Waals surface area contributed by atoms with Crippen LogP contribution in [0.25, 0.3) is 0 Å². The summed E-state index contributed by atoms with van der Waals surface area (Å²) in [6.07, 6.45) is 0. The molecule has 2 rings (SSSR count). The van der Waals surface area contributed by atoms with Crippen LogP contribution in [-0.2, 0) is 0 Å². The van der Waals surface area contributed by atoms with Gasteiger partial charge in [0, 0.05) is 17.2 Å². The molecule has 2 N–H and O–H groups in total. The van der Waals surface area contributed by atoms with Crippen molar-refractivity contribution >= 4 is 11.8 Å². The van der Waals surface area contributed by atoms with Gasteiger partial charge in [0.05, 0.1) is 21.3 Å². The first-order valence-corrected chi connectivity index (χ1v) is 7.15. The number of halogens is 1.